The summed E-state index contributed by atoms with van der Waals surface area (Å²) in [5.41, 5.74) is 4.40. The Labute approximate surface area is 276 Å². The largest absolute Gasteiger partial charge is 0.481 e. The molecule has 6 aromatic rings. The summed E-state index contributed by atoms with van der Waals surface area (Å²) >= 11 is 0. The zero-order valence-corrected chi connectivity index (χ0v) is 26.8. The predicted molar refractivity (Wildman–Crippen MR) is 177 cm³/mol. The summed E-state index contributed by atoms with van der Waals surface area (Å²) in [7, 11) is 0. The standard InChI is InChI=1S/C38H36F2N4O4/c1-22-6-8-25-21-47-34(43-25)18-28-27-13-15-41-32(27)19-31(40)36(28)48-26-9-10-30(39)29(17-26)37-42-20-33(44-37)38(2,14-12-22)24-5-3-4-23(16-24)7-11-35(45)46/h3-5,9-10,13,15-17,19-22,41H,6-8,11-12,14,18H2,1-2H3,(H,42,44)(H,45,46). The van der Waals surface area contributed by atoms with Crippen molar-refractivity contribution < 1.29 is 27.8 Å². The number of fused-ring (bicyclic) bond motifs is 10. The van der Waals surface area contributed by atoms with Crippen LogP contribution in [0, 0.1) is 17.6 Å². The lowest BCUT2D eigenvalue weighted by molar-refractivity contribution is -0.136. The average molecular weight is 651 g/mol. The van der Waals surface area contributed by atoms with Crippen LogP contribution in [-0.4, -0.2) is 31.0 Å². The second-order valence-corrected chi connectivity index (χ2v) is 13.0. The normalized spacial score (nSPS) is 18.4. The number of ether oxygens (including phenoxy) is 1. The molecule has 246 valence electrons. The molecule has 0 amide bonds. The van der Waals surface area contributed by atoms with Crippen molar-refractivity contribution in [3.05, 3.63) is 119 Å². The molecule has 4 heterocycles. The lowest BCUT2D eigenvalue weighted by atomic mass is 9.74. The van der Waals surface area contributed by atoms with Gasteiger partial charge in [0.1, 0.15) is 23.7 Å². The van der Waals surface area contributed by atoms with E-state index in [1.807, 2.05) is 24.3 Å². The summed E-state index contributed by atoms with van der Waals surface area (Å²) in [4.78, 5) is 27.1. The van der Waals surface area contributed by atoms with Gasteiger partial charge < -0.3 is 24.2 Å². The van der Waals surface area contributed by atoms with Crippen LogP contribution in [0.15, 0.2) is 77.7 Å². The smallest absolute Gasteiger partial charge is 0.303 e. The summed E-state index contributed by atoms with van der Waals surface area (Å²) in [6.45, 7) is 4.35. The molecule has 0 fully saturated rings. The minimum atomic E-state index is -0.845. The third-order valence-corrected chi connectivity index (χ3v) is 9.60. The maximum atomic E-state index is 15.7. The number of carboxylic acid groups (broad SMARTS) is 1. The summed E-state index contributed by atoms with van der Waals surface area (Å²) in [6.07, 6.45) is 9.05. The fourth-order valence-electron chi connectivity index (χ4n) is 6.64. The third kappa shape index (κ3) is 6.22. The third-order valence-electron chi connectivity index (χ3n) is 9.60. The highest BCUT2D eigenvalue weighted by atomic mass is 19.1. The molecule has 6 bridgehead atoms. The molecule has 0 spiro atoms. The molecule has 1 aliphatic heterocycles. The topological polar surface area (TPSA) is 117 Å². The zero-order chi connectivity index (χ0) is 33.4. The number of aromatic amines is 2. The molecule has 2 unspecified atom stereocenters. The SMILES string of the molecule is CC1CCc2coc(n2)Cc2c(c(F)cc3[nH]ccc23)Oc2ccc(F)c(c2)-c2ncc([nH]2)C(C)(c2cccc(CCC(=O)O)c2)CC1. The molecule has 0 aliphatic carbocycles. The van der Waals surface area contributed by atoms with E-state index in [2.05, 4.69) is 34.9 Å². The van der Waals surface area contributed by atoms with Gasteiger partial charge in [0.2, 0.25) is 0 Å². The first-order valence-electron chi connectivity index (χ1n) is 16.2. The van der Waals surface area contributed by atoms with Gasteiger partial charge in [0, 0.05) is 52.5 Å². The van der Waals surface area contributed by atoms with Crippen molar-refractivity contribution in [1.82, 2.24) is 19.9 Å². The van der Waals surface area contributed by atoms with E-state index in [1.165, 1.54) is 24.3 Å². The van der Waals surface area contributed by atoms with Gasteiger partial charge in [-0.3, -0.25) is 4.79 Å². The first kappa shape index (κ1) is 31.4. The lowest BCUT2D eigenvalue weighted by Crippen LogP contribution is -2.25. The van der Waals surface area contributed by atoms with Crippen LogP contribution in [0.25, 0.3) is 22.3 Å². The number of carboxylic acids is 1. The predicted octanol–water partition coefficient (Wildman–Crippen LogP) is 8.89. The van der Waals surface area contributed by atoms with Gasteiger partial charge in [-0.15, -0.1) is 0 Å². The first-order chi connectivity index (χ1) is 23.2. The molecule has 3 N–H and O–H groups in total. The number of nitrogens with zero attached hydrogens (tertiary/aromatic N) is 2. The lowest BCUT2D eigenvalue weighted by Gasteiger charge is -2.31. The van der Waals surface area contributed by atoms with E-state index in [-0.39, 0.29) is 29.9 Å². The van der Waals surface area contributed by atoms with Crippen LogP contribution >= 0.6 is 0 Å². The zero-order valence-electron chi connectivity index (χ0n) is 26.8. The number of H-pyrrole nitrogens is 2. The number of aromatic nitrogens is 4. The molecule has 3 aromatic heterocycles. The molecule has 8 nitrogen and oxygen atoms in total. The minimum absolute atomic E-state index is 0.0152. The molecule has 2 atom stereocenters. The highest BCUT2D eigenvalue weighted by Gasteiger charge is 2.32. The number of benzene rings is 3. The number of hydrogen-bond donors (Lipinski definition) is 3. The highest BCUT2D eigenvalue weighted by Crippen LogP contribution is 2.40. The molecular weight excluding hydrogens is 614 g/mol. The Morgan fingerprint density at radius 3 is 2.83 bits per heavy atom. The number of aliphatic carboxylic acids is 1. The van der Waals surface area contributed by atoms with Crippen LogP contribution in [0.1, 0.15) is 73.5 Å². The Hall–Kier alpha value is -5.25. The first-order valence-corrected chi connectivity index (χ1v) is 16.2. The van der Waals surface area contributed by atoms with Crippen LogP contribution in [0.2, 0.25) is 0 Å². The van der Waals surface area contributed by atoms with E-state index in [4.69, 9.17) is 14.1 Å². The minimum Gasteiger partial charge on any atom is -0.481 e. The van der Waals surface area contributed by atoms with Crippen molar-refractivity contribution in [3.63, 3.8) is 0 Å². The van der Waals surface area contributed by atoms with Crippen molar-refractivity contribution in [1.29, 1.82) is 0 Å². The molecule has 0 saturated carbocycles. The second-order valence-electron chi connectivity index (χ2n) is 13.0. The molecular formula is C38H36F2N4O4. The number of halogens is 2. The maximum absolute atomic E-state index is 15.7. The van der Waals surface area contributed by atoms with Crippen molar-refractivity contribution >= 4 is 16.9 Å². The Bertz CT molecular complexity index is 2110. The van der Waals surface area contributed by atoms with E-state index >= 15 is 8.78 Å². The summed E-state index contributed by atoms with van der Waals surface area (Å²) < 4.78 is 43.2. The second kappa shape index (κ2) is 12.7. The van der Waals surface area contributed by atoms with Crippen LogP contribution in [0.4, 0.5) is 8.78 Å². The summed E-state index contributed by atoms with van der Waals surface area (Å²) in [6, 6.07) is 15.5. The van der Waals surface area contributed by atoms with Crippen LogP contribution in [0.3, 0.4) is 0 Å². The van der Waals surface area contributed by atoms with E-state index in [1.54, 1.807) is 18.7 Å². The number of oxazole rings is 1. The molecule has 3 aromatic carbocycles. The number of rotatable bonds is 4. The molecule has 48 heavy (non-hydrogen) atoms. The number of nitrogens with one attached hydrogen (secondary N) is 2. The van der Waals surface area contributed by atoms with E-state index in [0.717, 1.165) is 53.6 Å². The number of imidazole rings is 1. The Balaban J connectivity index is 1.33. The Morgan fingerprint density at radius 2 is 1.98 bits per heavy atom. The number of carbonyl (C=O) groups is 1. The fraction of sp³-hybridized carbons (Fsp3) is 0.289. The van der Waals surface area contributed by atoms with Gasteiger partial charge >= 0.3 is 5.97 Å². The van der Waals surface area contributed by atoms with Crippen molar-refractivity contribution in [2.24, 2.45) is 5.92 Å². The van der Waals surface area contributed by atoms with Crippen molar-refractivity contribution in [2.75, 3.05) is 0 Å². The van der Waals surface area contributed by atoms with Gasteiger partial charge in [-0.25, -0.2) is 18.7 Å². The summed E-state index contributed by atoms with van der Waals surface area (Å²) in [5, 5.41) is 10.0. The van der Waals surface area contributed by atoms with E-state index in [9.17, 15) is 9.90 Å². The van der Waals surface area contributed by atoms with Gasteiger partial charge in [-0.05, 0) is 80.3 Å². The number of aryl methyl sites for hydroxylation is 2. The molecule has 0 saturated heterocycles. The molecule has 1 aliphatic rings. The molecule has 7 rings (SSSR count). The Kier molecular flexibility index (Phi) is 8.33. The average Bonchev–Trinajstić information content (AvgIpc) is 3.86. The van der Waals surface area contributed by atoms with Crippen LogP contribution < -0.4 is 4.74 Å². The maximum Gasteiger partial charge on any atom is 0.303 e. The van der Waals surface area contributed by atoms with Gasteiger partial charge in [0.05, 0.1) is 17.7 Å². The van der Waals surface area contributed by atoms with Crippen molar-refractivity contribution in [3.8, 4) is 22.9 Å². The van der Waals surface area contributed by atoms with Crippen LogP contribution in [-0.2, 0) is 29.5 Å². The van der Waals surface area contributed by atoms with Gasteiger partial charge in [-0.2, -0.15) is 0 Å². The summed E-state index contributed by atoms with van der Waals surface area (Å²) in [5.74, 6) is -0.557. The molecule has 10 heteroatoms. The van der Waals surface area contributed by atoms with Crippen LogP contribution in [0.5, 0.6) is 11.5 Å². The number of hydrogen-bond acceptors (Lipinski definition) is 5. The van der Waals surface area contributed by atoms with E-state index < -0.39 is 23.0 Å². The van der Waals surface area contributed by atoms with E-state index in [0.29, 0.717) is 35.1 Å². The monoisotopic (exact) mass is 650 g/mol. The fourth-order valence-corrected chi connectivity index (χ4v) is 6.64. The Morgan fingerprint density at radius 1 is 1.10 bits per heavy atom. The molecule has 0 radical (unpaired) electrons. The van der Waals surface area contributed by atoms with Gasteiger partial charge in [0.25, 0.3) is 0 Å². The van der Waals surface area contributed by atoms with Gasteiger partial charge in [0.15, 0.2) is 17.5 Å². The van der Waals surface area contributed by atoms with Crippen molar-refractivity contribution in [2.45, 2.75) is 64.2 Å². The highest BCUT2D eigenvalue weighted by molar-refractivity contribution is 5.86. The quantitative estimate of drug-likeness (QED) is 0.175. The van der Waals surface area contributed by atoms with Gasteiger partial charge in [-0.1, -0.05) is 31.2 Å².